The van der Waals surface area contributed by atoms with E-state index in [-0.39, 0.29) is 45.1 Å². The van der Waals surface area contributed by atoms with Gasteiger partial charge >= 0.3 is 0 Å². The minimum absolute atomic E-state index is 0.0643. The first-order valence-corrected chi connectivity index (χ1v) is 10.9. The Bertz CT molecular complexity index is 1980. The number of fused-ring (bicyclic) bond motifs is 2. The summed E-state index contributed by atoms with van der Waals surface area (Å²) < 4.78 is 7.04. The van der Waals surface area contributed by atoms with Crippen LogP contribution in [0.25, 0.3) is 21.5 Å². The molecular formula is C23H17N5O4S2. The van der Waals surface area contributed by atoms with Crippen LogP contribution in [0.2, 0.25) is 0 Å². The van der Waals surface area contributed by atoms with Crippen molar-refractivity contribution in [1.29, 1.82) is 10.8 Å². The van der Waals surface area contributed by atoms with Gasteiger partial charge in [0.25, 0.3) is 0 Å². The lowest BCUT2D eigenvalue weighted by molar-refractivity contribution is 0.926. The second-order valence-electron chi connectivity index (χ2n) is 7.89. The third-order valence-corrected chi connectivity index (χ3v) is 6.34. The minimum Gasteiger partial charge on any atom is -0.295 e. The van der Waals surface area contributed by atoms with Crippen LogP contribution in [0.4, 0.5) is 0 Å². The van der Waals surface area contributed by atoms with Gasteiger partial charge in [0.1, 0.15) is 21.4 Å². The van der Waals surface area contributed by atoms with Crippen molar-refractivity contribution in [2.75, 3.05) is 0 Å². The highest BCUT2D eigenvalue weighted by Crippen LogP contribution is 2.19. The molecule has 4 aromatic rings. The predicted molar refractivity (Wildman–Crippen MR) is 133 cm³/mol. The number of hydrogen-bond acceptors (Lipinski definition) is 11. The van der Waals surface area contributed by atoms with E-state index in [0.29, 0.717) is 22.4 Å². The number of aryl methyl sites for hydroxylation is 4. The fourth-order valence-corrected chi connectivity index (χ4v) is 4.64. The lowest BCUT2D eigenvalue weighted by Crippen LogP contribution is -2.48. The maximum atomic E-state index is 13.0. The van der Waals surface area contributed by atoms with Crippen LogP contribution < -0.4 is 43.1 Å². The molecule has 0 fully saturated rings. The lowest BCUT2D eigenvalue weighted by Gasteiger charge is -2.10. The van der Waals surface area contributed by atoms with Crippen molar-refractivity contribution >= 4 is 47.2 Å². The van der Waals surface area contributed by atoms with Crippen LogP contribution in [-0.2, 0) is 12.8 Å². The quantitative estimate of drug-likeness (QED) is 0.283. The van der Waals surface area contributed by atoms with Crippen LogP contribution in [0, 0.1) is 24.7 Å². The van der Waals surface area contributed by atoms with Crippen LogP contribution in [0.5, 0.6) is 0 Å². The van der Waals surface area contributed by atoms with E-state index in [1.165, 1.54) is 6.20 Å². The molecule has 2 N–H and O–H groups in total. The van der Waals surface area contributed by atoms with E-state index in [0.717, 1.165) is 0 Å². The molecule has 3 aromatic carbocycles. The van der Waals surface area contributed by atoms with E-state index in [2.05, 4.69) is 39.4 Å². The van der Waals surface area contributed by atoms with Gasteiger partial charge in [-0.3, -0.25) is 35.0 Å². The summed E-state index contributed by atoms with van der Waals surface area (Å²) in [6, 6.07) is 3.39. The summed E-state index contributed by atoms with van der Waals surface area (Å²) in [7, 11) is 0. The van der Waals surface area contributed by atoms with Crippen LogP contribution in [0.3, 0.4) is 0 Å². The molecule has 1 aromatic heterocycles. The monoisotopic (exact) mass is 491 g/mol. The first kappa shape index (κ1) is 23.6. The molecule has 0 saturated carbocycles. The SMILES string of the molecule is Cc1cnc(CCc2ccc(C)c3c(=O)c(=NS)c(=N)c(=O)c23)c2c(=O)c(=NS)c(=N)c(=O)c12. The minimum atomic E-state index is -0.635. The zero-order valence-electron chi connectivity index (χ0n) is 18.0. The van der Waals surface area contributed by atoms with Crippen LogP contribution >= 0.6 is 25.6 Å². The van der Waals surface area contributed by atoms with Gasteiger partial charge in [-0.15, -0.1) is 0 Å². The van der Waals surface area contributed by atoms with Gasteiger partial charge in [0.2, 0.25) is 21.7 Å². The number of benzene rings is 3. The van der Waals surface area contributed by atoms with E-state index in [1.807, 2.05) is 0 Å². The standard InChI is InChI=1S/C23H17N5O4S2/c1-8-3-4-10(14-12(8)22(31)18(27-33)17(25)21(14)30)5-6-11-15-13(9(2)7-26-11)20(29)16(24)19(28-34)23(15)32/h3-4,7,24-25,33-34H,5-6H2,1-2H3. The Morgan fingerprint density at radius 3 is 1.85 bits per heavy atom. The van der Waals surface area contributed by atoms with Crippen molar-refractivity contribution in [2.45, 2.75) is 26.7 Å². The Kier molecular flexibility index (Phi) is 6.00. The molecule has 0 saturated heterocycles. The van der Waals surface area contributed by atoms with E-state index in [1.54, 1.807) is 26.0 Å². The normalized spacial score (nSPS) is 12.8. The number of pyridine rings is 1. The lowest BCUT2D eigenvalue weighted by atomic mass is 9.94. The highest BCUT2D eigenvalue weighted by atomic mass is 32.1. The summed E-state index contributed by atoms with van der Waals surface area (Å²) in [6.07, 6.45) is 1.82. The number of rotatable bonds is 3. The van der Waals surface area contributed by atoms with Gasteiger partial charge in [-0.2, -0.15) is 0 Å². The molecule has 0 atom stereocenters. The molecule has 0 aliphatic rings. The Morgan fingerprint density at radius 2 is 1.26 bits per heavy atom. The average molecular weight is 492 g/mol. The van der Waals surface area contributed by atoms with Crippen molar-refractivity contribution in [3.8, 4) is 0 Å². The molecule has 4 rings (SSSR count). The van der Waals surface area contributed by atoms with Gasteiger partial charge in [-0.25, -0.2) is 8.80 Å². The molecule has 0 amide bonds. The van der Waals surface area contributed by atoms with E-state index in [9.17, 15) is 19.2 Å². The fraction of sp³-hybridized carbons (Fsp3) is 0.174. The van der Waals surface area contributed by atoms with Gasteiger partial charge < -0.3 is 0 Å². The van der Waals surface area contributed by atoms with Crippen molar-refractivity contribution in [2.24, 2.45) is 8.80 Å². The molecule has 11 heteroatoms. The summed E-state index contributed by atoms with van der Waals surface area (Å²) >= 11 is 7.47. The van der Waals surface area contributed by atoms with Gasteiger partial charge in [0.15, 0.2) is 0 Å². The molecule has 0 unspecified atom stereocenters. The Balaban J connectivity index is 1.99. The largest absolute Gasteiger partial charge is 0.295 e. The topological polar surface area (TPSA) is 154 Å². The Morgan fingerprint density at radius 1 is 0.735 bits per heavy atom. The smallest absolute Gasteiger partial charge is 0.216 e. The molecule has 0 aliphatic heterocycles. The molecule has 0 spiro atoms. The van der Waals surface area contributed by atoms with Crippen molar-refractivity contribution < 1.29 is 0 Å². The number of hydrogen-bond donors (Lipinski definition) is 4. The fourth-order valence-electron chi connectivity index (χ4n) is 4.26. The van der Waals surface area contributed by atoms with Crippen molar-refractivity contribution in [3.63, 3.8) is 0 Å². The first-order chi connectivity index (χ1) is 16.1. The van der Waals surface area contributed by atoms with Gasteiger partial charge in [0.05, 0.1) is 11.1 Å². The number of thiol groups is 2. The summed E-state index contributed by atoms with van der Waals surface area (Å²) in [5.74, 6) is 0. The van der Waals surface area contributed by atoms with Gasteiger partial charge in [-0.05, 0) is 69.0 Å². The maximum absolute atomic E-state index is 13.0. The maximum Gasteiger partial charge on any atom is 0.216 e. The third kappa shape index (κ3) is 3.39. The van der Waals surface area contributed by atoms with Crippen molar-refractivity contribution in [3.05, 3.63) is 103 Å². The second-order valence-corrected chi connectivity index (χ2v) is 8.29. The predicted octanol–water partition coefficient (Wildman–Crippen LogP) is -0.568. The highest BCUT2D eigenvalue weighted by Gasteiger charge is 2.18. The molecule has 170 valence electrons. The van der Waals surface area contributed by atoms with Gasteiger partial charge in [0, 0.05) is 22.4 Å². The van der Waals surface area contributed by atoms with Crippen LogP contribution in [0.15, 0.2) is 46.3 Å². The molecule has 0 bridgehead atoms. The summed E-state index contributed by atoms with van der Waals surface area (Å²) in [5, 5.41) is 14.8. The van der Waals surface area contributed by atoms with Gasteiger partial charge in [-0.1, -0.05) is 12.1 Å². The van der Waals surface area contributed by atoms with E-state index < -0.39 is 32.4 Å². The summed E-state index contributed by atoms with van der Waals surface area (Å²) in [5.41, 5.74) is -0.600. The highest BCUT2D eigenvalue weighted by molar-refractivity contribution is 7.78. The Hall–Kier alpha value is -3.57. The van der Waals surface area contributed by atoms with Crippen LogP contribution in [0.1, 0.15) is 22.4 Å². The first-order valence-electron chi connectivity index (χ1n) is 10.1. The number of aromatic nitrogens is 1. The molecule has 9 nitrogen and oxygen atoms in total. The summed E-state index contributed by atoms with van der Waals surface area (Å²) in [6.45, 7) is 3.32. The third-order valence-electron chi connectivity index (χ3n) is 5.94. The molecule has 34 heavy (non-hydrogen) atoms. The Labute approximate surface area is 201 Å². The second kappa shape index (κ2) is 8.65. The summed E-state index contributed by atoms with van der Waals surface area (Å²) in [4.78, 5) is 55.9. The zero-order chi connectivity index (χ0) is 24.9. The van der Waals surface area contributed by atoms with Crippen molar-refractivity contribution in [1.82, 2.24) is 4.98 Å². The molecular weight excluding hydrogens is 474 g/mol. The van der Waals surface area contributed by atoms with E-state index in [4.69, 9.17) is 10.8 Å². The number of nitrogens with one attached hydrogen (secondary N) is 2. The molecule has 0 aliphatic carbocycles. The zero-order valence-corrected chi connectivity index (χ0v) is 19.8. The van der Waals surface area contributed by atoms with E-state index >= 15 is 0 Å². The average Bonchev–Trinajstić information content (AvgIpc) is 2.81. The molecule has 1 heterocycles. The van der Waals surface area contributed by atoms with Crippen LogP contribution in [-0.4, -0.2) is 4.98 Å². The molecule has 0 radical (unpaired) electrons. The number of nitrogens with zero attached hydrogens (tertiary/aromatic N) is 3.